The third-order valence-electron chi connectivity index (χ3n) is 1.03. The summed E-state index contributed by atoms with van der Waals surface area (Å²) in [5.41, 5.74) is 0.273. The van der Waals surface area contributed by atoms with Crippen molar-refractivity contribution in [3.63, 3.8) is 0 Å². The molecule has 0 aliphatic carbocycles. The Morgan fingerprint density at radius 1 is 1.82 bits per heavy atom. The van der Waals surface area contributed by atoms with Crippen LogP contribution in [0.2, 0.25) is 0 Å². The second-order valence-electron chi connectivity index (χ2n) is 1.80. The Hall–Kier alpha value is -1.10. The fourth-order valence-corrected chi connectivity index (χ4v) is 0.657. The average Bonchev–Trinajstić information content (AvgIpc) is 2.52. The molecule has 1 aromatic heterocycles. The first-order valence-electron chi connectivity index (χ1n) is 3.04. The van der Waals surface area contributed by atoms with Crippen molar-refractivity contribution in [2.45, 2.75) is 0 Å². The molecule has 0 atom stereocenters. The minimum Gasteiger partial charge on any atom is -0.349 e. The van der Waals surface area contributed by atoms with Crippen molar-refractivity contribution in [3.8, 4) is 0 Å². The second kappa shape index (κ2) is 3.92. The quantitative estimate of drug-likeness (QED) is 0.622. The van der Waals surface area contributed by atoms with Crippen LogP contribution in [0.25, 0.3) is 0 Å². The predicted molar refractivity (Wildman–Crippen MR) is 39.4 cm³/mol. The molecule has 0 bridgehead atoms. The van der Waals surface area contributed by atoms with Crippen LogP contribution < -0.4 is 5.32 Å². The molecule has 11 heavy (non-hydrogen) atoms. The van der Waals surface area contributed by atoms with Crippen LogP contribution in [-0.4, -0.2) is 33.7 Å². The first-order valence-corrected chi connectivity index (χ1v) is 3.58. The highest BCUT2D eigenvalue weighted by atomic mass is 35.5. The zero-order valence-corrected chi connectivity index (χ0v) is 6.43. The lowest BCUT2D eigenvalue weighted by molar-refractivity contribution is 0.0951. The highest BCUT2D eigenvalue weighted by Crippen LogP contribution is 1.86. The number of carbonyl (C=O) groups is 1. The molecule has 6 heteroatoms. The number of aromatic amines is 1. The van der Waals surface area contributed by atoms with Crippen molar-refractivity contribution in [1.82, 2.24) is 20.7 Å². The van der Waals surface area contributed by atoms with Crippen LogP contribution in [0.4, 0.5) is 0 Å². The summed E-state index contributed by atoms with van der Waals surface area (Å²) < 4.78 is 0. The molecule has 0 spiro atoms. The first kappa shape index (κ1) is 8.00. The summed E-state index contributed by atoms with van der Waals surface area (Å²) in [5, 5.41) is 11.9. The van der Waals surface area contributed by atoms with Gasteiger partial charge in [0.15, 0.2) is 5.69 Å². The van der Waals surface area contributed by atoms with Gasteiger partial charge in [-0.2, -0.15) is 15.4 Å². The first-order chi connectivity index (χ1) is 5.34. The molecular weight excluding hydrogens is 168 g/mol. The molecule has 1 aromatic rings. The fraction of sp³-hybridized carbons (Fsp3) is 0.400. The van der Waals surface area contributed by atoms with Gasteiger partial charge in [-0.15, -0.1) is 11.6 Å². The van der Waals surface area contributed by atoms with Crippen LogP contribution in [0.5, 0.6) is 0 Å². The number of halogens is 1. The van der Waals surface area contributed by atoms with Crippen LogP contribution in [-0.2, 0) is 0 Å². The summed E-state index contributed by atoms with van der Waals surface area (Å²) in [6.45, 7) is 0.438. The standard InChI is InChI=1S/C5H7ClN4O/c6-1-2-7-5(11)4-3-8-10-9-4/h3H,1-2H2,(H,7,11)(H,8,9,10). The third-order valence-corrected chi connectivity index (χ3v) is 1.22. The Kier molecular flexibility index (Phi) is 2.85. The molecular formula is C5H7ClN4O. The van der Waals surface area contributed by atoms with Gasteiger partial charge in [0.05, 0.1) is 6.20 Å². The third kappa shape index (κ3) is 2.19. The van der Waals surface area contributed by atoms with Crippen molar-refractivity contribution in [2.24, 2.45) is 0 Å². The van der Waals surface area contributed by atoms with Gasteiger partial charge in [-0.3, -0.25) is 4.79 Å². The van der Waals surface area contributed by atoms with E-state index < -0.39 is 0 Å². The van der Waals surface area contributed by atoms with E-state index in [0.29, 0.717) is 12.4 Å². The van der Waals surface area contributed by atoms with Crippen molar-refractivity contribution >= 4 is 17.5 Å². The van der Waals surface area contributed by atoms with Crippen molar-refractivity contribution in [1.29, 1.82) is 0 Å². The van der Waals surface area contributed by atoms with Gasteiger partial charge in [0.1, 0.15) is 0 Å². The Balaban J connectivity index is 2.43. The van der Waals surface area contributed by atoms with E-state index in [1.165, 1.54) is 6.20 Å². The van der Waals surface area contributed by atoms with Crippen LogP contribution in [0.3, 0.4) is 0 Å². The Morgan fingerprint density at radius 3 is 3.18 bits per heavy atom. The average molecular weight is 175 g/mol. The van der Waals surface area contributed by atoms with Gasteiger partial charge in [0.2, 0.25) is 0 Å². The van der Waals surface area contributed by atoms with Crippen molar-refractivity contribution in [2.75, 3.05) is 12.4 Å². The normalized spacial score (nSPS) is 9.55. The zero-order valence-electron chi connectivity index (χ0n) is 5.67. The molecule has 1 rings (SSSR count). The van der Waals surface area contributed by atoms with Crippen LogP contribution in [0, 0.1) is 0 Å². The molecule has 0 saturated carbocycles. The SMILES string of the molecule is O=C(NCCCl)c1cn[nH]n1. The predicted octanol–water partition coefficient (Wildman–Crippen LogP) is -0.227. The molecule has 0 unspecified atom stereocenters. The molecule has 0 aliphatic heterocycles. The van der Waals surface area contributed by atoms with Gasteiger partial charge in [0, 0.05) is 12.4 Å². The summed E-state index contributed by atoms with van der Waals surface area (Å²) in [5.74, 6) is 0.128. The van der Waals surface area contributed by atoms with E-state index in [9.17, 15) is 4.79 Å². The minimum absolute atomic E-state index is 0.264. The van der Waals surface area contributed by atoms with Gasteiger partial charge in [0.25, 0.3) is 5.91 Å². The Bertz CT molecular complexity index is 222. The maximum absolute atomic E-state index is 11.0. The Labute approximate surface area is 68.1 Å². The number of nitrogens with one attached hydrogen (secondary N) is 2. The number of H-pyrrole nitrogens is 1. The maximum Gasteiger partial charge on any atom is 0.273 e. The van der Waals surface area contributed by atoms with Crippen LogP contribution in [0.1, 0.15) is 10.5 Å². The molecule has 60 valence electrons. The lowest BCUT2D eigenvalue weighted by Crippen LogP contribution is -2.25. The molecule has 0 saturated heterocycles. The van der Waals surface area contributed by atoms with E-state index in [0.717, 1.165) is 0 Å². The molecule has 1 heterocycles. The lowest BCUT2D eigenvalue weighted by atomic mass is 10.4. The molecule has 0 radical (unpaired) electrons. The van der Waals surface area contributed by atoms with E-state index in [-0.39, 0.29) is 11.6 Å². The van der Waals surface area contributed by atoms with Gasteiger partial charge in [-0.05, 0) is 0 Å². The van der Waals surface area contributed by atoms with Gasteiger partial charge in [-0.25, -0.2) is 0 Å². The number of amides is 1. The molecule has 5 nitrogen and oxygen atoms in total. The highest BCUT2D eigenvalue weighted by molar-refractivity contribution is 6.18. The molecule has 2 N–H and O–H groups in total. The van der Waals surface area contributed by atoms with Crippen LogP contribution in [0.15, 0.2) is 6.20 Å². The topological polar surface area (TPSA) is 70.7 Å². The summed E-state index contributed by atoms with van der Waals surface area (Å²) in [7, 11) is 0. The van der Waals surface area contributed by atoms with E-state index in [1.54, 1.807) is 0 Å². The van der Waals surface area contributed by atoms with Crippen molar-refractivity contribution in [3.05, 3.63) is 11.9 Å². The van der Waals surface area contributed by atoms with Gasteiger partial charge in [-0.1, -0.05) is 0 Å². The number of rotatable bonds is 3. The largest absolute Gasteiger partial charge is 0.349 e. The van der Waals surface area contributed by atoms with Gasteiger partial charge >= 0.3 is 0 Å². The number of hydrogen-bond donors (Lipinski definition) is 2. The van der Waals surface area contributed by atoms with Gasteiger partial charge < -0.3 is 5.32 Å². The number of carbonyl (C=O) groups excluding carboxylic acids is 1. The van der Waals surface area contributed by atoms with Crippen molar-refractivity contribution < 1.29 is 4.79 Å². The molecule has 0 aliphatic rings. The maximum atomic E-state index is 11.0. The summed E-state index contributed by atoms with van der Waals surface area (Å²) >= 11 is 5.35. The molecule has 0 fully saturated rings. The smallest absolute Gasteiger partial charge is 0.273 e. The number of nitrogens with zero attached hydrogens (tertiary/aromatic N) is 2. The number of hydrogen-bond acceptors (Lipinski definition) is 3. The second-order valence-corrected chi connectivity index (χ2v) is 2.18. The number of alkyl halides is 1. The van der Waals surface area contributed by atoms with E-state index in [4.69, 9.17) is 11.6 Å². The monoisotopic (exact) mass is 174 g/mol. The number of aromatic nitrogens is 3. The summed E-state index contributed by atoms with van der Waals surface area (Å²) in [6, 6.07) is 0. The van der Waals surface area contributed by atoms with E-state index in [1.807, 2.05) is 0 Å². The van der Waals surface area contributed by atoms with E-state index >= 15 is 0 Å². The summed E-state index contributed by atoms with van der Waals surface area (Å²) in [6.07, 6.45) is 1.35. The minimum atomic E-state index is -0.264. The van der Waals surface area contributed by atoms with Crippen LogP contribution >= 0.6 is 11.6 Å². The molecule has 1 amide bonds. The molecule has 0 aromatic carbocycles. The summed E-state index contributed by atoms with van der Waals surface area (Å²) in [4.78, 5) is 11.0. The fourth-order valence-electron chi connectivity index (χ4n) is 0.562. The zero-order chi connectivity index (χ0) is 8.10. The highest BCUT2D eigenvalue weighted by Gasteiger charge is 2.05. The Morgan fingerprint density at radius 2 is 2.64 bits per heavy atom. The van der Waals surface area contributed by atoms with E-state index in [2.05, 4.69) is 20.7 Å². The lowest BCUT2D eigenvalue weighted by Gasteiger charge is -1.96.